The number of halogens is 1. The van der Waals surface area contributed by atoms with Crippen molar-refractivity contribution in [1.82, 2.24) is 0 Å². The van der Waals surface area contributed by atoms with Gasteiger partial charge in [-0.25, -0.2) is 4.39 Å². The first kappa shape index (κ1) is 10.0. The summed E-state index contributed by atoms with van der Waals surface area (Å²) in [5, 5.41) is 8.18. The Hall–Kier alpha value is -0.970. The predicted octanol–water partition coefficient (Wildman–Crippen LogP) is 0.0147. The van der Waals surface area contributed by atoms with Crippen LogP contribution in [0.25, 0.3) is 0 Å². The lowest BCUT2D eigenvalue weighted by Crippen LogP contribution is -2.20. The molecule has 0 aliphatic heterocycles. The van der Waals surface area contributed by atoms with Crippen molar-refractivity contribution in [3.63, 3.8) is 0 Å². The van der Waals surface area contributed by atoms with Crippen LogP contribution < -0.4 is 0 Å². The molecule has 0 spiro atoms. The van der Waals surface area contributed by atoms with E-state index in [9.17, 15) is 14.0 Å². The molecule has 11 heavy (non-hydrogen) atoms. The molecule has 0 aliphatic rings. The number of hydrogen-bond donors (Lipinski definition) is 1. The Morgan fingerprint density at radius 2 is 2.36 bits per heavy atom. The van der Waals surface area contributed by atoms with Crippen molar-refractivity contribution in [2.45, 2.75) is 12.5 Å². The van der Waals surface area contributed by atoms with Crippen LogP contribution in [0.2, 0.25) is 0 Å². The first-order chi connectivity index (χ1) is 5.20. The van der Waals surface area contributed by atoms with Crippen LogP contribution in [0.3, 0.4) is 0 Å². The lowest BCUT2D eigenvalue weighted by atomic mass is 10.3. The van der Waals surface area contributed by atoms with Crippen molar-refractivity contribution in [2.24, 2.45) is 0 Å². The summed E-state index contributed by atoms with van der Waals surface area (Å²) < 4.78 is 16.4. The minimum atomic E-state index is -1.14. The number of hydrogen-bond acceptors (Lipinski definition) is 3. The molecule has 0 amide bonds. The van der Waals surface area contributed by atoms with Gasteiger partial charge >= 0.3 is 5.97 Å². The number of rotatable bonds is 6. The summed E-state index contributed by atoms with van der Waals surface area (Å²) in [6.45, 7) is -1.15. The highest BCUT2D eigenvalue weighted by Gasteiger charge is 2.12. The Balaban J connectivity index is 3.57. The zero-order valence-electron chi connectivity index (χ0n) is 5.83. The van der Waals surface area contributed by atoms with Crippen LogP contribution in [0.5, 0.6) is 0 Å². The summed E-state index contributed by atoms with van der Waals surface area (Å²) in [4.78, 5) is 19.7. The fourth-order valence-corrected chi connectivity index (χ4v) is 0.528. The molecule has 1 atom stereocenters. The first-order valence-electron chi connectivity index (χ1n) is 3.03. The van der Waals surface area contributed by atoms with Crippen LogP contribution in [0.1, 0.15) is 6.42 Å². The third-order valence-electron chi connectivity index (χ3n) is 0.974. The summed E-state index contributed by atoms with van der Waals surface area (Å²) in [7, 11) is 0. The van der Waals surface area contributed by atoms with E-state index >= 15 is 0 Å². The highest BCUT2D eigenvalue weighted by atomic mass is 19.1. The van der Waals surface area contributed by atoms with Gasteiger partial charge < -0.3 is 14.6 Å². The molecule has 0 saturated heterocycles. The second kappa shape index (κ2) is 5.79. The highest BCUT2D eigenvalue weighted by molar-refractivity contribution is 5.67. The molecule has 1 N–H and O–H groups in total. The van der Waals surface area contributed by atoms with E-state index in [-0.39, 0.29) is 6.61 Å². The van der Waals surface area contributed by atoms with Gasteiger partial charge in [-0.05, 0) is 0 Å². The van der Waals surface area contributed by atoms with E-state index in [4.69, 9.17) is 5.11 Å². The van der Waals surface area contributed by atoms with E-state index in [1.807, 2.05) is 0 Å². The second-order valence-corrected chi connectivity index (χ2v) is 1.87. The Labute approximate surface area is 63.0 Å². The largest absolute Gasteiger partial charge is 0.481 e. The van der Waals surface area contributed by atoms with Crippen molar-refractivity contribution < 1.29 is 23.8 Å². The third kappa shape index (κ3) is 5.47. The van der Waals surface area contributed by atoms with Gasteiger partial charge in [0.2, 0.25) is 0 Å². The van der Waals surface area contributed by atoms with Gasteiger partial charge in [-0.2, -0.15) is 0 Å². The Morgan fingerprint density at radius 3 is 2.73 bits per heavy atom. The third-order valence-corrected chi connectivity index (χ3v) is 0.974. The normalized spacial score (nSPS) is 12.5. The fourth-order valence-electron chi connectivity index (χ4n) is 0.528. The molecule has 0 radical (unpaired) electrons. The first-order valence-corrected chi connectivity index (χ1v) is 3.03. The van der Waals surface area contributed by atoms with Crippen LogP contribution in [0.4, 0.5) is 4.39 Å². The predicted molar refractivity (Wildman–Crippen MR) is 34.0 cm³/mol. The van der Waals surface area contributed by atoms with Gasteiger partial charge in [-0.3, -0.25) is 4.79 Å². The zero-order chi connectivity index (χ0) is 8.69. The highest BCUT2D eigenvalue weighted by Crippen LogP contribution is 1.98. The fraction of sp³-hybridized carbons (Fsp3) is 0.667. The quantitative estimate of drug-likeness (QED) is 0.562. The molecule has 1 unspecified atom stereocenters. The summed E-state index contributed by atoms with van der Waals surface area (Å²) in [6, 6.07) is 0. The van der Waals surface area contributed by atoms with Gasteiger partial charge in [-0.1, -0.05) is 0 Å². The monoisotopic (exact) mass is 164 g/mol. The van der Waals surface area contributed by atoms with Gasteiger partial charge in [0.1, 0.15) is 19.6 Å². The van der Waals surface area contributed by atoms with Gasteiger partial charge in [-0.15, -0.1) is 0 Å². The van der Waals surface area contributed by atoms with E-state index in [2.05, 4.69) is 4.74 Å². The molecular weight excluding hydrogens is 155 g/mol. The molecular formula is C6H9FO4. The van der Waals surface area contributed by atoms with Gasteiger partial charge in [0.25, 0.3) is 0 Å². The standard InChI is InChI=1S/C6H9FO4/c7-4-5(3-6(9)10)11-2-1-8/h1,5H,2-4H2,(H,9,10). The molecule has 5 heteroatoms. The summed E-state index contributed by atoms with van der Waals surface area (Å²) in [5.41, 5.74) is 0. The smallest absolute Gasteiger partial charge is 0.306 e. The van der Waals surface area contributed by atoms with Crippen LogP contribution in [0.15, 0.2) is 0 Å². The van der Waals surface area contributed by atoms with Gasteiger partial charge in [0.05, 0.1) is 12.5 Å². The Kier molecular flexibility index (Phi) is 5.28. The lowest BCUT2D eigenvalue weighted by Gasteiger charge is -2.08. The number of carboxylic acid groups (broad SMARTS) is 1. The van der Waals surface area contributed by atoms with Crippen molar-refractivity contribution in [2.75, 3.05) is 13.3 Å². The molecule has 0 aromatic rings. The lowest BCUT2D eigenvalue weighted by molar-refractivity contribution is -0.141. The van der Waals surface area contributed by atoms with Crippen LogP contribution in [0, 0.1) is 0 Å². The minimum absolute atomic E-state index is 0.262. The van der Waals surface area contributed by atoms with E-state index < -0.39 is 25.2 Å². The van der Waals surface area contributed by atoms with Crippen LogP contribution in [-0.4, -0.2) is 36.7 Å². The van der Waals surface area contributed by atoms with E-state index in [0.717, 1.165) is 0 Å². The maximum absolute atomic E-state index is 11.8. The Morgan fingerprint density at radius 1 is 1.73 bits per heavy atom. The zero-order valence-corrected chi connectivity index (χ0v) is 5.83. The van der Waals surface area contributed by atoms with Gasteiger partial charge in [0, 0.05) is 0 Å². The number of alkyl halides is 1. The molecule has 0 heterocycles. The van der Waals surface area contributed by atoms with Crippen molar-refractivity contribution in [3.05, 3.63) is 0 Å². The maximum atomic E-state index is 11.8. The molecule has 0 saturated carbocycles. The number of carbonyl (C=O) groups excluding carboxylic acids is 1. The molecule has 0 aromatic heterocycles. The summed E-state index contributed by atoms with van der Waals surface area (Å²) in [5.74, 6) is -1.14. The number of carbonyl (C=O) groups is 2. The minimum Gasteiger partial charge on any atom is -0.481 e. The van der Waals surface area contributed by atoms with Crippen LogP contribution in [-0.2, 0) is 14.3 Å². The maximum Gasteiger partial charge on any atom is 0.306 e. The molecule has 0 aromatic carbocycles. The molecule has 0 fully saturated rings. The average Bonchev–Trinajstić information content (AvgIpc) is 1.97. The average molecular weight is 164 g/mol. The number of aliphatic carboxylic acids is 1. The number of carboxylic acids is 1. The second-order valence-electron chi connectivity index (χ2n) is 1.87. The molecule has 0 aliphatic carbocycles. The van der Waals surface area contributed by atoms with Crippen molar-refractivity contribution in [3.8, 4) is 0 Å². The summed E-state index contributed by atoms with van der Waals surface area (Å²) in [6.07, 6.45) is -0.966. The SMILES string of the molecule is O=CCOC(CF)CC(=O)O. The van der Waals surface area contributed by atoms with Crippen LogP contribution >= 0.6 is 0 Å². The summed E-state index contributed by atoms with van der Waals surface area (Å²) >= 11 is 0. The van der Waals surface area contributed by atoms with E-state index in [0.29, 0.717) is 6.29 Å². The van der Waals surface area contributed by atoms with Gasteiger partial charge in [0.15, 0.2) is 0 Å². The number of ether oxygens (including phenoxy) is 1. The molecule has 64 valence electrons. The molecule has 4 nitrogen and oxygen atoms in total. The van der Waals surface area contributed by atoms with Crippen molar-refractivity contribution >= 4 is 12.3 Å². The molecule has 0 bridgehead atoms. The number of aldehydes is 1. The molecule has 0 rings (SSSR count). The van der Waals surface area contributed by atoms with E-state index in [1.165, 1.54) is 0 Å². The van der Waals surface area contributed by atoms with E-state index in [1.54, 1.807) is 0 Å². The topological polar surface area (TPSA) is 63.6 Å². The Bertz CT molecular complexity index is 137. The van der Waals surface area contributed by atoms with Crippen molar-refractivity contribution in [1.29, 1.82) is 0 Å².